The number of carbonyl (C=O) groups excluding carboxylic acids is 1. The van der Waals surface area contributed by atoms with Gasteiger partial charge in [0.05, 0.1) is 11.4 Å². The van der Waals surface area contributed by atoms with E-state index < -0.39 is 0 Å². The molecule has 0 spiro atoms. The van der Waals surface area contributed by atoms with Crippen molar-refractivity contribution in [1.82, 2.24) is 29.2 Å². The second-order valence-corrected chi connectivity index (χ2v) is 7.94. The number of nitrogens with zero attached hydrogens (tertiary/aromatic N) is 7. The Labute approximate surface area is 190 Å². The van der Waals surface area contributed by atoms with Gasteiger partial charge in [-0.3, -0.25) is 4.79 Å². The van der Waals surface area contributed by atoms with E-state index in [1.807, 2.05) is 42.8 Å². The van der Waals surface area contributed by atoms with Gasteiger partial charge in [0.1, 0.15) is 9.21 Å². The summed E-state index contributed by atoms with van der Waals surface area (Å²) in [5.41, 5.74) is 3.51. The van der Waals surface area contributed by atoms with E-state index in [0.717, 1.165) is 52.4 Å². The van der Waals surface area contributed by atoms with Crippen molar-refractivity contribution in [3.8, 4) is 0 Å². The molecule has 0 aliphatic carbocycles. The van der Waals surface area contributed by atoms with E-state index in [-0.39, 0.29) is 0 Å². The van der Waals surface area contributed by atoms with Crippen LogP contribution in [0.3, 0.4) is 0 Å². The third-order valence-electron chi connectivity index (χ3n) is 4.41. The van der Waals surface area contributed by atoms with E-state index in [2.05, 4.69) is 64.3 Å². The van der Waals surface area contributed by atoms with Crippen LogP contribution in [0.1, 0.15) is 25.2 Å². The molecule has 0 saturated carbocycles. The molecule has 1 amide bonds. The number of amides is 1. The number of rotatable bonds is 5. The maximum atomic E-state index is 10.8. The Bertz CT molecular complexity index is 1190. The number of hydrogen-bond donors (Lipinski definition) is 1. The van der Waals surface area contributed by atoms with Gasteiger partial charge in [-0.1, -0.05) is 13.8 Å². The van der Waals surface area contributed by atoms with Gasteiger partial charge in [-0.2, -0.15) is 19.2 Å². The molecular formula is C19H22Br2N8O. The zero-order chi connectivity index (χ0) is 21.8. The topological polar surface area (TPSA) is 92.7 Å². The quantitative estimate of drug-likeness (QED) is 0.390. The molecule has 4 aromatic rings. The van der Waals surface area contributed by atoms with Crippen LogP contribution < -0.4 is 10.2 Å². The smallest absolute Gasteiger partial charge is 0.215 e. The molecule has 4 heterocycles. The van der Waals surface area contributed by atoms with E-state index in [0.29, 0.717) is 10.4 Å². The van der Waals surface area contributed by atoms with Crippen molar-refractivity contribution >= 4 is 61.2 Å². The first-order chi connectivity index (χ1) is 14.4. The average Bonchev–Trinajstić information content (AvgIpc) is 3.30. The molecule has 0 aromatic carbocycles. The molecule has 1 N–H and O–H groups in total. The minimum atomic E-state index is 0.709. The molecule has 0 aliphatic heterocycles. The fraction of sp³-hybridized carbons (Fsp3) is 0.316. The lowest BCUT2D eigenvalue weighted by Crippen LogP contribution is -2.18. The second kappa shape index (κ2) is 9.52. The van der Waals surface area contributed by atoms with E-state index in [1.165, 1.54) is 4.90 Å². The largest absolute Gasteiger partial charge is 0.372 e. The number of imidazole rings is 2. The number of hydrogen-bond acceptors (Lipinski definition) is 6. The fourth-order valence-electron chi connectivity index (χ4n) is 3.04. The van der Waals surface area contributed by atoms with Gasteiger partial charge in [-0.25, -0.2) is 9.97 Å². The van der Waals surface area contributed by atoms with Crippen LogP contribution in [0.15, 0.2) is 33.5 Å². The van der Waals surface area contributed by atoms with Crippen LogP contribution in [0.25, 0.3) is 11.3 Å². The van der Waals surface area contributed by atoms with Gasteiger partial charge >= 0.3 is 0 Å². The van der Waals surface area contributed by atoms with Crippen molar-refractivity contribution in [1.29, 1.82) is 0 Å². The minimum absolute atomic E-state index is 0.709. The molecule has 0 aliphatic rings. The number of anilines is 2. The number of nitrogens with one attached hydrogen (secondary N) is 1. The standard InChI is InChI=1S/C10H11BrN4O.C9H11BrN4/c1-3-7-10(14(2)6-16)15-9(12-7)5-4-8(11)13-15;1-3-6-9(11-2)14-8(12-6)5-4-7(10)13-14/h4-6H,3H2,1-2H3;4-5,11H,3H2,1-2H3. The van der Waals surface area contributed by atoms with Gasteiger partial charge in [0.15, 0.2) is 22.9 Å². The summed E-state index contributed by atoms with van der Waals surface area (Å²) >= 11 is 6.64. The number of aryl methyl sites for hydroxylation is 2. The van der Waals surface area contributed by atoms with E-state index in [1.54, 1.807) is 11.6 Å². The molecule has 0 unspecified atom stereocenters. The molecule has 0 radical (unpaired) electrons. The fourth-order valence-corrected chi connectivity index (χ4v) is 3.62. The molecule has 4 aromatic heterocycles. The summed E-state index contributed by atoms with van der Waals surface area (Å²) in [6.45, 7) is 4.08. The summed E-state index contributed by atoms with van der Waals surface area (Å²) < 4.78 is 4.99. The van der Waals surface area contributed by atoms with Gasteiger partial charge in [-0.15, -0.1) is 0 Å². The molecule has 0 atom stereocenters. The van der Waals surface area contributed by atoms with E-state index in [4.69, 9.17) is 0 Å². The first kappa shape index (κ1) is 22.2. The summed E-state index contributed by atoms with van der Waals surface area (Å²) in [5, 5.41) is 11.7. The summed E-state index contributed by atoms with van der Waals surface area (Å²) in [4.78, 5) is 21.2. The highest BCUT2D eigenvalue weighted by Gasteiger charge is 2.15. The van der Waals surface area contributed by atoms with Crippen molar-refractivity contribution in [2.75, 3.05) is 24.3 Å². The second-order valence-electron chi connectivity index (χ2n) is 6.31. The maximum Gasteiger partial charge on any atom is 0.215 e. The van der Waals surface area contributed by atoms with Crippen LogP contribution >= 0.6 is 31.9 Å². The maximum absolute atomic E-state index is 10.8. The zero-order valence-electron chi connectivity index (χ0n) is 17.1. The number of fused-ring (bicyclic) bond motifs is 2. The zero-order valence-corrected chi connectivity index (χ0v) is 20.3. The normalized spacial score (nSPS) is 10.7. The molecule has 30 heavy (non-hydrogen) atoms. The van der Waals surface area contributed by atoms with E-state index in [9.17, 15) is 4.79 Å². The Balaban J connectivity index is 0.000000172. The number of halogens is 2. The van der Waals surface area contributed by atoms with Crippen LogP contribution in [0.5, 0.6) is 0 Å². The Morgan fingerprint density at radius 3 is 2.03 bits per heavy atom. The Morgan fingerprint density at radius 1 is 0.967 bits per heavy atom. The lowest BCUT2D eigenvalue weighted by Gasteiger charge is -2.10. The molecule has 0 bridgehead atoms. The molecular weight excluding hydrogens is 516 g/mol. The van der Waals surface area contributed by atoms with Crippen molar-refractivity contribution in [3.63, 3.8) is 0 Å². The summed E-state index contributed by atoms with van der Waals surface area (Å²) in [5.74, 6) is 1.68. The van der Waals surface area contributed by atoms with Gasteiger partial charge < -0.3 is 10.2 Å². The summed E-state index contributed by atoms with van der Waals surface area (Å²) in [7, 11) is 3.57. The lowest BCUT2D eigenvalue weighted by molar-refractivity contribution is -0.107. The van der Waals surface area contributed by atoms with Crippen molar-refractivity contribution < 1.29 is 4.79 Å². The van der Waals surface area contributed by atoms with Crippen LogP contribution in [0, 0.1) is 0 Å². The highest BCUT2D eigenvalue weighted by atomic mass is 79.9. The Morgan fingerprint density at radius 2 is 1.50 bits per heavy atom. The van der Waals surface area contributed by atoms with Crippen molar-refractivity contribution in [2.24, 2.45) is 0 Å². The van der Waals surface area contributed by atoms with Crippen LogP contribution in [0.4, 0.5) is 11.6 Å². The van der Waals surface area contributed by atoms with Crippen LogP contribution in [-0.2, 0) is 17.6 Å². The monoisotopic (exact) mass is 536 g/mol. The van der Waals surface area contributed by atoms with Crippen LogP contribution in [-0.4, -0.2) is 49.7 Å². The molecule has 11 heteroatoms. The Hall–Kier alpha value is -2.53. The molecule has 0 fully saturated rings. The predicted molar refractivity (Wildman–Crippen MR) is 124 cm³/mol. The van der Waals surface area contributed by atoms with Gasteiger partial charge in [0.25, 0.3) is 0 Å². The summed E-state index contributed by atoms with van der Waals surface area (Å²) in [6, 6.07) is 7.52. The third kappa shape index (κ3) is 4.31. The molecule has 0 saturated heterocycles. The average molecular weight is 538 g/mol. The predicted octanol–water partition coefficient (Wildman–Crippen LogP) is 3.74. The number of carbonyl (C=O) groups is 1. The first-order valence-electron chi connectivity index (χ1n) is 9.37. The SMILES string of the molecule is CCc1nc2ccc(Br)nn2c1N(C)C=O.CCc1nc2ccc(Br)nn2c1NC. The molecule has 158 valence electrons. The van der Waals surface area contributed by atoms with Crippen molar-refractivity contribution in [3.05, 3.63) is 44.9 Å². The van der Waals surface area contributed by atoms with Crippen molar-refractivity contribution in [2.45, 2.75) is 26.7 Å². The van der Waals surface area contributed by atoms with Gasteiger partial charge in [0, 0.05) is 14.1 Å². The minimum Gasteiger partial charge on any atom is -0.372 e. The first-order valence-corrected chi connectivity index (χ1v) is 11.0. The highest BCUT2D eigenvalue weighted by molar-refractivity contribution is 9.10. The third-order valence-corrected chi connectivity index (χ3v) is 5.25. The molecule has 4 rings (SSSR count). The lowest BCUT2D eigenvalue weighted by atomic mass is 10.3. The molecule has 9 nitrogen and oxygen atoms in total. The van der Waals surface area contributed by atoms with Gasteiger partial charge in [-0.05, 0) is 69.0 Å². The van der Waals surface area contributed by atoms with Crippen LogP contribution in [0.2, 0.25) is 0 Å². The number of aromatic nitrogens is 6. The summed E-state index contributed by atoms with van der Waals surface area (Å²) in [6.07, 6.45) is 2.41. The van der Waals surface area contributed by atoms with Gasteiger partial charge in [0.2, 0.25) is 6.41 Å². The van der Waals surface area contributed by atoms with E-state index >= 15 is 0 Å². The highest BCUT2D eigenvalue weighted by Crippen LogP contribution is 2.21. The Kier molecular flexibility index (Phi) is 7.03.